The Morgan fingerprint density at radius 3 is 2.65 bits per heavy atom. The molecule has 0 aliphatic rings. The largest absolute Gasteiger partial charge is 0.487 e. The smallest absolute Gasteiger partial charge is 0.138 e. The Labute approximate surface area is 101 Å². The molecule has 0 fully saturated rings. The van der Waals surface area contributed by atoms with Crippen LogP contribution in [0.5, 0.6) is 5.75 Å². The van der Waals surface area contributed by atoms with E-state index in [1.807, 2.05) is 31.3 Å². The molecule has 17 heavy (non-hydrogen) atoms. The maximum Gasteiger partial charge on any atom is 0.138 e. The van der Waals surface area contributed by atoms with Gasteiger partial charge in [-0.25, -0.2) is 0 Å². The van der Waals surface area contributed by atoms with Crippen molar-refractivity contribution in [3.63, 3.8) is 0 Å². The predicted octanol–water partition coefficient (Wildman–Crippen LogP) is 2.38. The molecule has 3 nitrogen and oxygen atoms in total. The van der Waals surface area contributed by atoms with Crippen LogP contribution in [-0.2, 0) is 13.2 Å². The zero-order valence-corrected chi connectivity index (χ0v) is 9.89. The van der Waals surface area contributed by atoms with Crippen LogP contribution in [0.1, 0.15) is 11.1 Å². The topological polar surface area (TPSA) is 34.1 Å². The molecular weight excluding hydrogens is 212 g/mol. The lowest BCUT2D eigenvalue weighted by Gasteiger charge is -2.10. The Bertz CT molecular complexity index is 457. The lowest BCUT2D eigenvalue weighted by molar-refractivity contribution is 0.303. The summed E-state index contributed by atoms with van der Waals surface area (Å²) in [6.45, 7) is 1.43. The molecule has 88 valence electrons. The standard InChI is InChI=1S/C14H16N2O/c1-15-9-12-5-2-3-6-13(12)11-17-14-7-4-8-16-10-14/h2-8,10,15H,9,11H2,1H3. The molecule has 0 bridgehead atoms. The summed E-state index contributed by atoms with van der Waals surface area (Å²) >= 11 is 0. The molecule has 0 aliphatic carbocycles. The van der Waals surface area contributed by atoms with Gasteiger partial charge in [0, 0.05) is 12.7 Å². The second-order valence-electron chi connectivity index (χ2n) is 3.78. The molecule has 0 saturated heterocycles. The van der Waals surface area contributed by atoms with Crippen molar-refractivity contribution in [3.8, 4) is 5.75 Å². The van der Waals surface area contributed by atoms with Crippen molar-refractivity contribution in [2.75, 3.05) is 7.05 Å². The quantitative estimate of drug-likeness (QED) is 0.853. The first-order valence-corrected chi connectivity index (χ1v) is 5.64. The monoisotopic (exact) mass is 228 g/mol. The molecule has 2 aromatic rings. The summed E-state index contributed by atoms with van der Waals surface area (Å²) in [5, 5.41) is 3.15. The third-order valence-electron chi connectivity index (χ3n) is 2.51. The predicted molar refractivity (Wildman–Crippen MR) is 67.8 cm³/mol. The fraction of sp³-hybridized carbons (Fsp3) is 0.214. The number of hydrogen-bond donors (Lipinski definition) is 1. The van der Waals surface area contributed by atoms with Crippen LogP contribution in [0.25, 0.3) is 0 Å². The summed E-state index contributed by atoms with van der Waals surface area (Å²) in [6, 6.07) is 12.0. The number of nitrogens with one attached hydrogen (secondary N) is 1. The van der Waals surface area contributed by atoms with Gasteiger partial charge in [0.05, 0.1) is 6.20 Å². The van der Waals surface area contributed by atoms with Crippen molar-refractivity contribution >= 4 is 0 Å². The van der Waals surface area contributed by atoms with E-state index in [2.05, 4.69) is 22.4 Å². The lowest BCUT2D eigenvalue weighted by atomic mass is 10.1. The summed E-state index contributed by atoms with van der Waals surface area (Å²) in [5.74, 6) is 0.798. The van der Waals surface area contributed by atoms with Crippen molar-refractivity contribution < 1.29 is 4.74 Å². The van der Waals surface area contributed by atoms with E-state index < -0.39 is 0 Å². The molecule has 1 aromatic heterocycles. The van der Waals surface area contributed by atoms with Gasteiger partial charge in [-0.1, -0.05) is 24.3 Å². The van der Waals surface area contributed by atoms with Crippen molar-refractivity contribution in [2.24, 2.45) is 0 Å². The highest BCUT2D eigenvalue weighted by Gasteiger charge is 2.01. The van der Waals surface area contributed by atoms with Crippen LogP contribution in [-0.4, -0.2) is 12.0 Å². The van der Waals surface area contributed by atoms with Gasteiger partial charge in [-0.15, -0.1) is 0 Å². The lowest BCUT2D eigenvalue weighted by Crippen LogP contribution is -2.09. The Morgan fingerprint density at radius 1 is 1.12 bits per heavy atom. The first kappa shape index (κ1) is 11.6. The Morgan fingerprint density at radius 2 is 1.94 bits per heavy atom. The van der Waals surface area contributed by atoms with Crippen LogP contribution in [0.3, 0.4) is 0 Å². The van der Waals surface area contributed by atoms with Crippen LogP contribution < -0.4 is 10.1 Å². The van der Waals surface area contributed by atoms with Gasteiger partial charge < -0.3 is 10.1 Å². The minimum Gasteiger partial charge on any atom is -0.487 e. The van der Waals surface area contributed by atoms with E-state index in [-0.39, 0.29) is 0 Å². The van der Waals surface area contributed by atoms with Gasteiger partial charge in [0.25, 0.3) is 0 Å². The molecule has 0 aliphatic heterocycles. The van der Waals surface area contributed by atoms with Crippen LogP contribution in [0, 0.1) is 0 Å². The fourth-order valence-corrected chi connectivity index (χ4v) is 1.65. The maximum absolute atomic E-state index is 5.69. The van der Waals surface area contributed by atoms with E-state index in [1.54, 1.807) is 12.4 Å². The van der Waals surface area contributed by atoms with Crippen molar-refractivity contribution in [1.29, 1.82) is 0 Å². The van der Waals surface area contributed by atoms with Crippen LogP contribution in [0.15, 0.2) is 48.8 Å². The molecule has 0 radical (unpaired) electrons. The highest BCUT2D eigenvalue weighted by atomic mass is 16.5. The first-order valence-electron chi connectivity index (χ1n) is 5.64. The van der Waals surface area contributed by atoms with Gasteiger partial charge in [-0.05, 0) is 30.3 Å². The second kappa shape index (κ2) is 6.01. The zero-order chi connectivity index (χ0) is 11.9. The van der Waals surface area contributed by atoms with E-state index >= 15 is 0 Å². The van der Waals surface area contributed by atoms with E-state index in [0.29, 0.717) is 6.61 Å². The SMILES string of the molecule is CNCc1ccccc1COc1cccnc1. The number of ether oxygens (including phenoxy) is 1. The van der Waals surface area contributed by atoms with Crippen LogP contribution in [0.2, 0.25) is 0 Å². The molecule has 0 amide bonds. The molecule has 1 aromatic carbocycles. The normalized spacial score (nSPS) is 10.2. The van der Waals surface area contributed by atoms with Crippen molar-refractivity contribution in [2.45, 2.75) is 13.2 Å². The van der Waals surface area contributed by atoms with E-state index in [4.69, 9.17) is 4.74 Å². The van der Waals surface area contributed by atoms with Crippen molar-refractivity contribution in [1.82, 2.24) is 10.3 Å². The summed E-state index contributed by atoms with van der Waals surface area (Å²) in [5.41, 5.74) is 2.46. The Kier molecular flexibility index (Phi) is 4.11. The van der Waals surface area contributed by atoms with E-state index in [0.717, 1.165) is 12.3 Å². The van der Waals surface area contributed by atoms with Crippen LogP contribution >= 0.6 is 0 Å². The molecule has 0 spiro atoms. The van der Waals surface area contributed by atoms with Crippen LogP contribution in [0.4, 0.5) is 0 Å². The summed E-state index contributed by atoms with van der Waals surface area (Å²) in [6.07, 6.45) is 3.46. The number of rotatable bonds is 5. The van der Waals surface area contributed by atoms with Gasteiger partial charge in [-0.2, -0.15) is 0 Å². The summed E-state index contributed by atoms with van der Waals surface area (Å²) in [4.78, 5) is 4.02. The summed E-state index contributed by atoms with van der Waals surface area (Å²) in [7, 11) is 1.94. The Balaban J connectivity index is 2.03. The number of pyridine rings is 1. The molecule has 2 rings (SSSR count). The maximum atomic E-state index is 5.69. The van der Waals surface area contributed by atoms with E-state index in [1.165, 1.54) is 11.1 Å². The molecule has 1 heterocycles. The summed E-state index contributed by atoms with van der Waals surface area (Å²) < 4.78 is 5.69. The van der Waals surface area contributed by atoms with Crippen molar-refractivity contribution in [3.05, 3.63) is 59.9 Å². The van der Waals surface area contributed by atoms with Gasteiger partial charge >= 0.3 is 0 Å². The average Bonchev–Trinajstić information content (AvgIpc) is 2.39. The highest BCUT2D eigenvalue weighted by Crippen LogP contribution is 2.13. The van der Waals surface area contributed by atoms with E-state index in [9.17, 15) is 0 Å². The molecule has 3 heteroatoms. The molecule has 0 unspecified atom stereocenters. The number of aromatic nitrogens is 1. The first-order chi connectivity index (χ1) is 8.40. The Hall–Kier alpha value is -1.87. The number of benzene rings is 1. The highest BCUT2D eigenvalue weighted by molar-refractivity contribution is 5.27. The number of nitrogens with zero attached hydrogens (tertiary/aromatic N) is 1. The second-order valence-corrected chi connectivity index (χ2v) is 3.78. The zero-order valence-electron chi connectivity index (χ0n) is 9.89. The fourth-order valence-electron chi connectivity index (χ4n) is 1.65. The number of hydrogen-bond acceptors (Lipinski definition) is 3. The minimum atomic E-state index is 0.573. The minimum absolute atomic E-state index is 0.573. The molecule has 1 N–H and O–H groups in total. The average molecular weight is 228 g/mol. The third kappa shape index (κ3) is 3.29. The van der Waals surface area contributed by atoms with Gasteiger partial charge in [0.1, 0.15) is 12.4 Å². The van der Waals surface area contributed by atoms with Gasteiger partial charge in [0.15, 0.2) is 0 Å². The van der Waals surface area contributed by atoms with Gasteiger partial charge in [-0.3, -0.25) is 4.98 Å². The molecule has 0 atom stereocenters. The molecular formula is C14H16N2O. The van der Waals surface area contributed by atoms with Gasteiger partial charge in [0.2, 0.25) is 0 Å². The molecule has 0 saturated carbocycles. The third-order valence-corrected chi connectivity index (χ3v) is 2.51.